The number of piperazine rings is 1. The molecule has 1 heterocycles. The minimum Gasteiger partial charge on any atom is -0.493 e. The molecule has 0 radical (unpaired) electrons. The average Bonchev–Trinajstić information content (AvgIpc) is 2.47. The summed E-state index contributed by atoms with van der Waals surface area (Å²) < 4.78 is 10.5. The Labute approximate surface area is 132 Å². The second-order valence-corrected chi connectivity index (χ2v) is 5.05. The summed E-state index contributed by atoms with van der Waals surface area (Å²) in [5.41, 5.74) is 0.951. The van der Waals surface area contributed by atoms with Crippen molar-refractivity contribution in [1.82, 2.24) is 9.80 Å². The molecule has 0 saturated carbocycles. The number of carbonyl (C=O) groups excluding carboxylic acids is 1. The number of carbonyl (C=O) groups is 1. The van der Waals surface area contributed by atoms with E-state index in [-0.39, 0.29) is 18.3 Å². The topological polar surface area (TPSA) is 42.0 Å². The summed E-state index contributed by atoms with van der Waals surface area (Å²) in [7, 11) is 5.28. The van der Waals surface area contributed by atoms with Gasteiger partial charge in [-0.2, -0.15) is 0 Å². The van der Waals surface area contributed by atoms with Crippen LogP contribution in [0.3, 0.4) is 0 Å². The molecule has 1 aliphatic rings. The van der Waals surface area contributed by atoms with Crippen LogP contribution in [-0.4, -0.2) is 63.2 Å². The number of benzene rings is 1. The zero-order chi connectivity index (χ0) is 14.5. The number of hydrogen-bond acceptors (Lipinski definition) is 4. The summed E-state index contributed by atoms with van der Waals surface area (Å²) in [5.74, 6) is 1.52. The molecule has 1 aliphatic heterocycles. The van der Waals surface area contributed by atoms with Crippen LogP contribution in [0.2, 0.25) is 0 Å². The van der Waals surface area contributed by atoms with Crippen molar-refractivity contribution in [1.29, 1.82) is 0 Å². The molecule has 21 heavy (non-hydrogen) atoms. The molecular weight excluding hydrogens is 292 g/mol. The van der Waals surface area contributed by atoms with E-state index in [1.807, 2.05) is 23.1 Å². The summed E-state index contributed by atoms with van der Waals surface area (Å²) in [6, 6.07) is 5.62. The summed E-state index contributed by atoms with van der Waals surface area (Å²) in [5, 5.41) is 0. The standard InChI is InChI=1S/C15H22N2O3.ClH/c1-16-6-8-17(9-7-16)15(18)11-12-4-5-13(19-2)14(10-12)20-3;/h4-5,10H,6-9,11H2,1-3H3;1H. The first-order valence-corrected chi connectivity index (χ1v) is 6.81. The number of hydrogen-bond donors (Lipinski definition) is 0. The first-order chi connectivity index (χ1) is 9.63. The van der Waals surface area contributed by atoms with Gasteiger partial charge in [-0.25, -0.2) is 0 Å². The van der Waals surface area contributed by atoms with E-state index in [0.29, 0.717) is 17.9 Å². The fraction of sp³-hybridized carbons (Fsp3) is 0.533. The predicted octanol–water partition coefficient (Wildman–Crippen LogP) is 1.44. The van der Waals surface area contributed by atoms with Gasteiger partial charge >= 0.3 is 0 Å². The average molecular weight is 315 g/mol. The molecule has 0 spiro atoms. The van der Waals surface area contributed by atoms with E-state index in [4.69, 9.17) is 9.47 Å². The Balaban J connectivity index is 0.00000220. The van der Waals surface area contributed by atoms with Crippen LogP contribution in [0.25, 0.3) is 0 Å². The van der Waals surface area contributed by atoms with Gasteiger partial charge in [0.25, 0.3) is 0 Å². The van der Waals surface area contributed by atoms with Gasteiger partial charge in [0.2, 0.25) is 5.91 Å². The highest BCUT2D eigenvalue weighted by Crippen LogP contribution is 2.27. The SMILES string of the molecule is COc1ccc(CC(=O)N2CCN(C)CC2)cc1OC.Cl. The first-order valence-electron chi connectivity index (χ1n) is 6.81. The van der Waals surface area contributed by atoms with E-state index in [9.17, 15) is 4.79 Å². The fourth-order valence-electron chi connectivity index (χ4n) is 2.33. The molecule has 0 N–H and O–H groups in total. The molecule has 1 amide bonds. The van der Waals surface area contributed by atoms with Crippen LogP contribution in [0.1, 0.15) is 5.56 Å². The Bertz CT molecular complexity index is 474. The maximum atomic E-state index is 12.3. The number of methoxy groups -OCH3 is 2. The number of rotatable bonds is 4. The van der Waals surface area contributed by atoms with Crippen molar-refractivity contribution in [2.24, 2.45) is 0 Å². The van der Waals surface area contributed by atoms with Crippen LogP contribution in [0.4, 0.5) is 0 Å². The Morgan fingerprint density at radius 1 is 1.10 bits per heavy atom. The van der Waals surface area contributed by atoms with Crippen LogP contribution in [-0.2, 0) is 11.2 Å². The summed E-state index contributed by atoms with van der Waals surface area (Å²) in [6.45, 7) is 3.50. The quantitative estimate of drug-likeness (QED) is 0.843. The maximum absolute atomic E-state index is 12.3. The molecule has 5 nitrogen and oxygen atoms in total. The zero-order valence-corrected chi connectivity index (χ0v) is 13.6. The van der Waals surface area contributed by atoms with Gasteiger partial charge in [0, 0.05) is 26.2 Å². The van der Waals surface area contributed by atoms with Gasteiger partial charge < -0.3 is 19.3 Å². The minimum atomic E-state index is 0. The fourth-order valence-corrected chi connectivity index (χ4v) is 2.33. The smallest absolute Gasteiger partial charge is 0.227 e. The van der Waals surface area contributed by atoms with E-state index in [2.05, 4.69) is 11.9 Å². The second kappa shape index (κ2) is 8.10. The number of halogens is 1. The third-order valence-corrected chi connectivity index (χ3v) is 3.66. The Kier molecular flexibility index (Phi) is 6.78. The summed E-state index contributed by atoms with van der Waals surface area (Å²) in [4.78, 5) is 16.4. The number of nitrogens with zero attached hydrogens (tertiary/aromatic N) is 2. The number of ether oxygens (including phenoxy) is 2. The Morgan fingerprint density at radius 3 is 2.29 bits per heavy atom. The Morgan fingerprint density at radius 2 is 1.71 bits per heavy atom. The molecule has 0 bridgehead atoms. The number of amides is 1. The first kappa shape index (κ1) is 17.6. The van der Waals surface area contributed by atoms with Crippen LogP contribution in [0, 0.1) is 0 Å². The van der Waals surface area contributed by atoms with Gasteiger partial charge in [0.15, 0.2) is 11.5 Å². The molecule has 0 aliphatic carbocycles. The van der Waals surface area contributed by atoms with Crippen LogP contribution < -0.4 is 9.47 Å². The van der Waals surface area contributed by atoms with Crippen molar-refractivity contribution >= 4 is 18.3 Å². The summed E-state index contributed by atoms with van der Waals surface area (Å²) in [6.07, 6.45) is 0.407. The van der Waals surface area contributed by atoms with Gasteiger partial charge in [0.1, 0.15) is 0 Å². The predicted molar refractivity (Wildman–Crippen MR) is 84.6 cm³/mol. The molecule has 0 aromatic heterocycles. The van der Waals surface area contributed by atoms with Crippen molar-refractivity contribution in [3.05, 3.63) is 23.8 Å². The van der Waals surface area contributed by atoms with Gasteiger partial charge in [-0.15, -0.1) is 12.4 Å². The van der Waals surface area contributed by atoms with Gasteiger partial charge in [0.05, 0.1) is 20.6 Å². The highest BCUT2D eigenvalue weighted by atomic mass is 35.5. The molecule has 1 saturated heterocycles. The Hall–Kier alpha value is -1.46. The van der Waals surface area contributed by atoms with Gasteiger partial charge in [-0.1, -0.05) is 6.07 Å². The van der Waals surface area contributed by atoms with Crippen molar-refractivity contribution in [3.8, 4) is 11.5 Å². The number of likely N-dealkylation sites (N-methyl/N-ethyl adjacent to an activating group) is 1. The summed E-state index contributed by atoms with van der Waals surface area (Å²) >= 11 is 0. The lowest BCUT2D eigenvalue weighted by molar-refractivity contribution is -0.132. The van der Waals surface area contributed by atoms with Gasteiger partial charge in [-0.05, 0) is 24.7 Å². The van der Waals surface area contributed by atoms with E-state index >= 15 is 0 Å². The second-order valence-electron chi connectivity index (χ2n) is 5.05. The third kappa shape index (κ3) is 4.51. The monoisotopic (exact) mass is 314 g/mol. The maximum Gasteiger partial charge on any atom is 0.227 e. The van der Waals surface area contributed by atoms with Crippen molar-refractivity contribution < 1.29 is 14.3 Å². The molecule has 0 unspecified atom stereocenters. The molecule has 0 atom stereocenters. The normalized spacial score (nSPS) is 15.3. The van der Waals surface area contributed by atoms with Crippen LogP contribution in [0.5, 0.6) is 11.5 Å². The van der Waals surface area contributed by atoms with Crippen LogP contribution in [0.15, 0.2) is 18.2 Å². The minimum absolute atomic E-state index is 0. The highest BCUT2D eigenvalue weighted by molar-refractivity contribution is 5.85. The van der Waals surface area contributed by atoms with Gasteiger partial charge in [-0.3, -0.25) is 4.79 Å². The molecule has 6 heteroatoms. The highest BCUT2D eigenvalue weighted by Gasteiger charge is 2.19. The lowest BCUT2D eigenvalue weighted by Crippen LogP contribution is -2.47. The van der Waals surface area contributed by atoms with E-state index in [1.54, 1.807) is 14.2 Å². The molecular formula is C15H23ClN2O3. The van der Waals surface area contributed by atoms with Crippen molar-refractivity contribution in [3.63, 3.8) is 0 Å². The zero-order valence-electron chi connectivity index (χ0n) is 12.8. The molecule has 118 valence electrons. The largest absolute Gasteiger partial charge is 0.493 e. The molecule has 1 aromatic carbocycles. The van der Waals surface area contributed by atoms with Crippen molar-refractivity contribution in [2.75, 3.05) is 47.4 Å². The molecule has 1 aromatic rings. The van der Waals surface area contributed by atoms with E-state index in [0.717, 1.165) is 31.7 Å². The van der Waals surface area contributed by atoms with Crippen molar-refractivity contribution in [2.45, 2.75) is 6.42 Å². The van der Waals surface area contributed by atoms with E-state index in [1.165, 1.54) is 0 Å². The molecule has 1 fully saturated rings. The third-order valence-electron chi connectivity index (χ3n) is 3.66. The van der Waals surface area contributed by atoms with E-state index < -0.39 is 0 Å². The van der Waals surface area contributed by atoms with Crippen LogP contribution >= 0.6 is 12.4 Å². The lowest BCUT2D eigenvalue weighted by atomic mass is 10.1. The molecule has 2 rings (SSSR count). The lowest BCUT2D eigenvalue weighted by Gasteiger charge is -2.32.